The second-order valence-corrected chi connectivity index (χ2v) is 2.88. The summed E-state index contributed by atoms with van der Waals surface area (Å²) in [5.74, 6) is 6.82. The Bertz CT molecular complexity index is 423. The van der Waals surface area contributed by atoms with E-state index in [0.717, 1.165) is 10.9 Å². The third-order valence-electron chi connectivity index (χ3n) is 2.03. The van der Waals surface area contributed by atoms with Gasteiger partial charge in [0.2, 0.25) is 0 Å². The van der Waals surface area contributed by atoms with Gasteiger partial charge in [-0.05, 0) is 6.07 Å². The number of methoxy groups -OCH3 is 2. The summed E-state index contributed by atoms with van der Waals surface area (Å²) in [6.45, 7) is 0. The van der Waals surface area contributed by atoms with Crippen LogP contribution in [0.4, 0.5) is 0 Å². The van der Waals surface area contributed by atoms with Crippen molar-refractivity contribution in [3.05, 3.63) is 18.3 Å². The molecule has 0 aliphatic heterocycles. The lowest BCUT2D eigenvalue weighted by molar-refractivity contribution is 0.356. The summed E-state index contributed by atoms with van der Waals surface area (Å²) in [4.78, 5) is 1.27. The van der Waals surface area contributed by atoms with Crippen molar-refractivity contribution in [2.24, 2.45) is 0 Å². The van der Waals surface area contributed by atoms with Gasteiger partial charge in [-0.3, -0.25) is 0 Å². The Labute approximate surface area is 81.0 Å². The molecule has 0 aliphatic rings. The van der Waals surface area contributed by atoms with Crippen LogP contribution in [0.1, 0.15) is 0 Å². The highest BCUT2D eigenvalue weighted by Gasteiger charge is 2.07. The SMILES string of the molecule is COc1cc2cn(N)nc2cc1OC. The number of hydrogen-bond acceptors (Lipinski definition) is 4. The van der Waals surface area contributed by atoms with Crippen molar-refractivity contribution in [3.63, 3.8) is 0 Å². The third kappa shape index (κ3) is 1.22. The van der Waals surface area contributed by atoms with Crippen LogP contribution in [0.15, 0.2) is 18.3 Å². The summed E-state index contributed by atoms with van der Waals surface area (Å²) in [6, 6.07) is 3.63. The predicted octanol–water partition coefficient (Wildman–Crippen LogP) is 0.767. The zero-order chi connectivity index (χ0) is 10.1. The first-order chi connectivity index (χ1) is 6.74. The maximum atomic E-state index is 5.50. The number of nitrogen functional groups attached to an aromatic ring is 1. The van der Waals surface area contributed by atoms with Crippen molar-refractivity contribution in [2.75, 3.05) is 20.1 Å². The van der Waals surface area contributed by atoms with E-state index in [1.807, 2.05) is 6.07 Å². The highest BCUT2D eigenvalue weighted by Crippen LogP contribution is 2.30. The molecule has 1 heterocycles. The average Bonchev–Trinajstić information content (AvgIpc) is 2.54. The Morgan fingerprint density at radius 1 is 1.21 bits per heavy atom. The first-order valence-electron chi connectivity index (χ1n) is 4.11. The van der Waals surface area contributed by atoms with Crippen LogP contribution < -0.4 is 15.3 Å². The molecule has 2 rings (SSSR count). The maximum absolute atomic E-state index is 5.50. The number of benzene rings is 1. The van der Waals surface area contributed by atoms with E-state index in [9.17, 15) is 0 Å². The summed E-state index contributed by atoms with van der Waals surface area (Å²) in [5, 5.41) is 4.98. The third-order valence-corrected chi connectivity index (χ3v) is 2.03. The minimum Gasteiger partial charge on any atom is -0.493 e. The van der Waals surface area contributed by atoms with Crippen molar-refractivity contribution >= 4 is 10.9 Å². The summed E-state index contributed by atoms with van der Waals surface area (Å²) >= 11 is 0. The molecule has 14 heavy (non-hydrogen) atoms. The molecule has 0 saturated carbocycles. The molecule has 0 unspecified atom stereocenters. The van der Waals surface area contributed by atoms with Gasteiger partial charge >= 0.3 is 0 Å². The molecule has 5 nitrogen and oxygen atoms in total. The summed E-state index contributed by atoms with van der Waals surface area (Å²) in [7, 11) is 3.18. The van der Waals surface area contributed by atoms with Crippen LogP contribution >= 0.6 is 0 Å². The molecule has 0 radical (unpaired) electrons. The maximum Gasteiger partial charge on any atom is 0.162 e. The highest BCUT2D eigenvalue weighted by atomic mass is 16.5. The number of ether oxygens (including phenoxy) is 2. The average molecular weight is 193 g/mol. The van der Waals surface area contributed by atoms with E-state index in [1.54, 1.807) is 26.5 Å². The minimum absolute atomic E-state index is 0.652. The summed E-state index contributed by atoms with van der Waals surface area (Å²) in [6.07, 6.45) is 1.72. The first kappa shape index (κ1) is 8.68. The van der Waals surface area contributed by atoms with Crippen molar-refractivity contribution in [1.82, 2.24) is 9.89 Å². The van der Waals surface area contributed by atoms with Gasteiger partial charge in [-0.1, -0.05) is 0 Å². The van der Waals surface area contributed by atoms with Crippen molar-refractivity contribution in [1.29, 1.82) is 0 Å². The molecule has 1 aromatic carbocycles. The number of fused-ring (bicyclic) bond motifs is 1. The summed E-state index contributed by atoms with van der Waals surface area (Å²) < 4.78 is 10.3. The van der Waals surface area contributed by atoms with E-state index >= 15 is 0 Å². The second-order valence-electron chi connectivity index (χ2n) is 2.88. The Morgan fingerprint density at radius 2 is 1.86 bits per heavy atom. The Hall–Kier alpha value is -1.91. The zero-order valence-electron chi connectivity index (χ0n) is 8.02. The highest BCUT2D eigenvalue weighted by molar-refractivity contribution is 5.82. The lowest BCUT2D eigenvalue weighted by Gasteiger charge is -2.05. The predicted molar refractivity (Wildman–Crippen MR) is 53.0 cm³/mol. The van der Waals surface area contributed by atoms with E-state index in [-0.39, 0.29) is 0 Å². The normalized spacial score (nSPS) is 10.4. The molecule has 0 bridgehead atoms. The van der Waals surface area contributed by atoms with E-state index in [4.69, 9.17) is 15.3 Å². The fourth-order valence-corrected chi connectivity index (χ4v) is 1.37. The van der Waals surface area contributed by atoms with Crippen molar-refractivity contribution in [3.8, 4) is 11.5 Å². The van der Waals surface area contributed by atoms with Crippen LogP contribution in [-0.2, 0) is 0 Å². The van der Waals surface area contributed by atoms with Crippen LogP contribution in [0.2, 0.25) is 0 Å². The Kier molecular flexibility index (Phi) is 1.92. The van der Waals surface area contributed by atoms with Gasteiger partial charge in [0.05, 0.1) is 25.9 Å². The van der Waals surface area contributed by atoms with Gasteiger partial charge in [0.25, 0.3) is 0 Å². The molecular formula is C9H11N3O2. The van der Waals surface area contributed by atoms with E-state index < -0.39 is 0 Å². The Morgan fingerprint density at radius 3 is 2.50 bits per heavy atom. The number of hydrogen-bond donors (Lipinski definition) is 1. The van der Waals surface area contributed by atoms with Crippen LogP contribution in [0, 0.1) is 0 Å². The molecular weight excluding hydrogens is 182 g/mol. The smallest absolute Gasteiger partial charge is 0.162 e. The van der Waals surface area contributed by atoms with E-state index in [2.05, 4.69) is 5.10 Å². The first-order valence-corrected chi connectivity index (χ1v) is 4.11. The molecule has 0 atom stereocenters. The number of aromatic nitrogens is 2. The van der Waals surface area contributed by atoms with Gasteiger partial charge in [-0.15, -0.1) is 0 Å². The standard InChI is InChI=1S/C9H11N3O2/c1-13-8-3-6-5-12(10)11-7(6)4-9(8)14-2/h3-5H,10H2,1-2H3. The van der Waals surface area contributed by atoms with Gasteiger partial charge < -0.3 is 15.3 Å². The zero-order valence-corrected chi connectivity index (χ0v) is 8.02. The van der Waals surface area contributed by atoms with Gasteiger partial charge in [-0.25, -0.2) is 0 Å². The van der Waals surface area contributed by atoms with Gasteiger partial charge in [0, 0.05) is 11.5 Å². The molecule has 0 fully saturated rings. The lowest BCUT2D eigenvalue weighted by Crippen LogP contribution is -2.07. The molecule has 0 aliphatic carbocycles. The molecule has 5 heteroatoms. The largest absolute Gasteiger partial charge is 0.493 e. The van der Waals surface area contributed by atoms with Crippen LogP contribution in [-0.4, -0.2) is 24.1 Å². The van der Waals surface area contributed by atoms with E-state index in [1.165, 1.54) is 4.79 Å². The van der Waals surface area contributed by atoms with E-state index in [0.29, 0.717) is 11.5 Å². The van der Waals surface area contributed by atoms with Crippen molar-refractivity contribution in [2.45, 2.75) is 0 Å². The van der Waals surface area contributed by atoms with Crippen LogP contribution in [0.3, 0.4) is 0 Å². The van der Waals surface area contributed by atoms with Crippen molar-refractivity contribution < 1.29 is 9.47 Å². The molecule has 2 aromatic rings. The fourth-order valence-electron chi connectivity index (χ4n) is 1.37. The van der Waals surface area contributed by atoms with Crippen LogP contribution in [0.5, 0.6) is 11.5 Å². The van der Waals surface area contributed by atoms with Gasteiger partial charge in [0.1, 0.15) is 0 Å². The number of rotatable bonds is 2. The monoisotopic (exact) mass is 193 g/mol. The minimum atomic E-state index is 0.652. The topological polar surface area (TPSA) is 62.3 Å². The number of nitrogens with zero attached hydrogens (tertiary/aromatic N) is 2. The quantitative estimate of drug-likeness (QED) is 0.715. The lowest BCUT2D eigenvalue weighted by atomic mass is 10.2. The van der Waals surface area contributed by atoms with Gasteiger partial charge in [-0.2, -0.15) is 9.89 Å². The molecule has 2 N–H and O–H groups in total. The summed E-state index contributed by atoms with van der Waals surface area (Å²) in [5.41, 5.74) is 0.783. The van der Waals surface area contributed by atoms with Gasteiger partial charge in [0.15, 0.2) is 11.5 Å². The molecule has 0 spiro atoms. The number of nitrogens with two attached hydrogens (primary N) is 1. The Balaban J connectivity index is 2.68. The molecule has 0 amide bonds. The fraction of sp³-hybridized carbons (Fsp3) is 0.222. The molecule has 1 aromatic heterocycles. The van der Waals surface area contributed by atoms with Crippen LogP contribution in [0.25, 0.3) is 10.9 Å². The molecule has 74 valence electrons. The molecule has 0 saturated heterocycles. The second kappa shape index (κ2) is 3.10.